The number of hydrogen-bond donors (Lipinski definition) is 0. The monoisotopic (exact) mass is 414 g/mol. The maximum Gasteiger partial charge on any atom is 0.254 e. The Hall–Kier alpha value is -0.990. The zero-order chi connectivity index (χ0) is 14.1. The molecule has 2 aromatic heterocycles. The molecule has 3 nitrogen and oxygen atoms in total. The molecule has 102 valence electrons. The van der Waals surface area contributed by atoms with Gasteiger partial charge in [0.25, 0.3) is 5.91 Å². The van der Waals surface area contributed by atoms with E-state index in [-0.39, 0.29) is 5.91 Å². The average molecular weight is 414 g/mol. The third-order valence-corrected chi connectivity index (χ3v) is 5.68. The fourth-order valence-electron chi connectivity index (χ4n) is 1.90. The van der Waals surface area contributed by atoms with E-state index < -0.39 is 0 Å². The molecule has 1 aromatic carbocycles. The maximum atomic E-state index is 12.3. The third-order valence-electron chi connectivity index (χ3n) is 2.87. The van der Waals surface area contributed by atoms with E-state index in [1.54, 1.807) is 27.6 Å². The predicted octanol–water partition coefficient (Wildman–Crippen LogP) is 4.23. The van der Waals surface area contributed by atoms with Gasteiger partial charge < -0.3 is 4.90 Å². The molecule has 3 aromatic rings. The molecule has 0 aliphatic carbocycles. The molecule has 0 bridgehead atoms. The summed E-state index contributed by atoms with van der Waals surface area (Å²) in [5.74, 6) is 0.0448. The molecule has 0 saturated carbocycles. The van der Waals surface area contributed by atoms with Crippen LogP contribution in [0.4, 0.5) is 0 Å². The number of rotatable bonds is 3. The average Bonchev–Trinajstić information content (AvgIpc) is 3.03. The largest absolute Gasteiger partial charge is 0.335 e. The zero-order valence-electron chi connectivity index (χ0n) is 10.7. The Morgan fingerprint density at radius 2 is 2.20 bits per heavy atom. The number of carbonyl (C=O) groups is 1. The summed E-state index contributed by atoms with van der Waals surface area (Å²) < 4.78 is 2.28. The van der Waals surface area contributed by atoms with Gasteiger partial charge in [0.15, 0.2) is 0 Å². The van der Waals surface area contributed by atoms with Crippen LogP contribution in [0.5, 0.6) is 0 Å². The Morgan fingerprint density at radius 3 is 2.90 bits per heavy atom. The van der Waals surface area contributed by atoms with Gasteiger partial charge in [-0.1, -0.05) is 12.1 Å². The van der Waals surface area contributed by atoms with Crippen LogP contribution in [0.15, 0.2) is 35.7 Å². The summed E-state index contributed by atoms with van der Waals surface area (Å²) in [4.78, 5) is 18.6. The van der Waals surface area contributed by atoms with Crippen molar-refractivity contribution in [2.75, 3.05) is 7.05 Å². The first-order chi connectivity index (χ1) is 9.63. The van der Waals surface area contributed by atoms with E-state index in [0.29, 0.717) is 6.54 Å². The van der Waals surface area contributed by atoms with Gasteiger partial charge in [0, 0.05) is 12.4 Å². The van der Waals surface area contributed by atoms with Gasteiger partial charge in [0.1, 0.15) is 5.01 Å². The first kappa shape index (κ1) is 14.0. The molecular formula is C14H11IN2OS2. The van der Waals surface area contributed by atoms with Crippen LogP contribution in [-0.4, -0.2) is 22.8 Å². The van der Waals surface area contributed by atoms with Gasteiger partial charge in [-0.25, -0.2) is 4.98 Å². The van der Waals surface area contributed by atoms with E-state index in [1.165, 1.54) is 0 Å². The molecule has 0 fully saturated rings. The summed E-state index contributed by atoms with van der Waals surface area (Å²) in [6, 6.07) is 9.96. The molecule has 2 heterocycles. The minimum Gasteiger partial charge on any atom is -0.335 e. The lowest BCUT2D eigenvalue weighted by atomic mass is 10.3. The molecule has 6 heteroatoms. The Balaban J connectivity index is 1.78. The topological polar surface area (TPSA) is 33.2 Å². The van der Waals surface area contributed by atoms with Crippen molar-refractivity contribution >= 4 is 61.4 Å². The van der Waals surface area contributed by atoms with Crippen molar-refractivity contribution in [1.82, 2.24) is 9.88 Å². The highest BCUT2D eigenvalue weighted by Crippen LogP contribution is 2.23. The normalized spacial score (nSPS) is 10.9. The number of thiophene rings is 1. The van der Waals surface area contributed by atoms with Gasteiger partial charge in [-0.15, -0.1) is 22.7 Å². The molecular weight excluding hydrogens is 403 g/mol. The Bertz CT molecular complexity index is 732. The van der Waals surface area contributed by atoms with Crippen molar-refractivity contribution in [3.8, 4) is 0 Å². The number of thiazole rings is 1. The smallest absolute Gasteiger partial charge is 0.254 e. The molecule has 0 unspecified atom stereocenters. The van der Waals surface area contributed by atoms with Crippen LogP contribution < -0.4 is 0 Å². The quantitative estimate of drug-likeness (QED) is 0.601. The van der Waals surface area contributed by atoms with Gasteiger partial charge in [-0.2, -0.15) is 0 Å². The highest BCUT2D eigenvalue weighted by molar-refractivity contribution is 14.1. The van der Waals surface area contributed by atoms with Crippen LogP contribution in [0.3, 0.4) is 0 Å². The molecule has 0 N–H and O–H groups in total. The van der Waals surface area contributed by atoms with E-state index in [0.717, 1.165) is 23.7 Å². The number of halogens is 1. The van der Waals surface area contributed by atoms with Gasteiger partial charge in [0.2, 0.25) is 0 Å². The number of benzene rings is 1. The molecule has 0 spiro atoms. The van der Waals surface area contributed by atoms with E-state index in [9.17, 15) is 4.79 Å². The minimum absolute atomic E-state index is 0.0448. The van der Waals surface area contributed by atoms with Crippen molar-refractivity contribution in [2.45, 2.75) is 6.54 Å². The number of para-hydroxylation sites is 1. The number of nitrogens with zero attached hydrogens (tertiary/aromatic N) is 2. The molecule has 0 aliphatic rings. The number of carbonyl (C=O) groups excluding carboxylic acids is 1. The predicted molar refractivity (Wildman–Crippen MR) is 92.5 cm³/mol. The second-order valence-corrected chi connectivity index (χ2v) is 8.30. The number of fused-ring (bicyclic) bond motifs is 1. The van der Waals surface area contributed by atoms with Gasteiger partial charge >= 0.3 is 0 Å². The highest BCUT2D eigenvalue weighted by Gasteiger charge is 2.15. The lowest BCUT2D eigenvalue weighted by Gasteiger charge is -2.14. The van der Waals surface area contributed by atoms with Crippen LogP contribution in [-0.2, 0) is 6.54 Å². The summed E-state index contributed by atoms with van der Waals surface area (Å²) in [7, 11) is 1.82. The first-order valence-electron chi connectivity index (χ1n) is 5.97. The van der Waals surface area contributed by atoms with Gasteiger partial charge in [0.05, 0.1) is 25.2 Å². The van der Waals surface area contributed by atoms with Gasteiger partial charge in [-0.05, 0) is 40.8 Å². The van der Waals surface area contributed by atoms with Crippen molar-refractivity contribution < 1.29 is 4.79 Å². The molecule has 1 amide bonds. The molecule has 0 aliphatic heterocycles. The summed E-state index contributed by atoms with van der Waals surface area (Å²) >= 11 is 5.45. The molecule has 0 atom stereocenters. The fraction of sp³-hybridized carbons (Fsp3) is 0.143. The van der Waals surface area contributed by atoms with Crippen LogP contribution in [0.1, 0.15) is 15.4 Å². The van der Waals surface area contributed by atoms with E-state index in [4.69, 9.17) is 0 Å². The summed E-state index contributed by atoms with van der Waals surface area (Å²) in [6.45, 7) is 0.546. The van der Waals surface area contributed by atoms with Crippen molar-refractivity contribution in [3.05, 3.63) is 49.2 Å². The van der Waals surface area contributed by atoms with Gasteiger partial charge in [-0.3, -0.25) is 4.79 Å². The number of amides is 1. The summed E-state index contributed by atoms with van der Waals surface area (Å²) in [5.41, 5.74) is 1.75. The highest BCUT2D eigenvalue weighted by atomic mass is 127. The van der Waals surface area contributed by atoms with E-state index in [1.807, 2.05) is 36.7 Å². The molecule has 3 rings (SSSR count). The first-order valence-corrected chi connectivity index (χ1v) is 8.75. The second kappa shape index (κ2) is 5.79. The van der Waals surface area contributed by atoms with Crippen molar-refractivity contribution in [3.63, 3.8) is 0 Å². The SMILES string of the molecule is CN(Cc1nc2ccccc2s1)C(=O)c1csc(I)c1. The maximum absolute atomic E-state index is 12.3. The van der Waals surface area contributed by atoms with Crippen molar-refractivity contribution in [2.24, 2.45) is 0 Å². The minimum atomic E-state index is 0.0448. The standard InChI is InChI=1S/C14H11IN2OS2/c1-17(14(18)9-6-12(15)19-8-9)7-13-16-10-4-2-3-5-11(10)20-13/h2-6,8H,7H2,1H3. The van der Waals surface area contributed by atoms with Crippen LogP contribution >= 0.6 is 45.3 Å². The molecule has 0 radical (unpaired) electrons. The van der Waals surface area contributed by atoms with E-state index >= 15 is 0 Å². The van der Waals surface area contributed by atoms with Crippen molar-refractivity contribution in [1.29, 1.82) is 0 Å². The lowest BCUT2D eigenvalue weighted by Crippen LogP contribution is -2.25. The third kappa shape index (κ3) is 2.87. The summed E-state index contributed by atoms with van der Waals surface area (Å²) in [5, 5.41) is 2.87. The van der Waals surface area contributed by atoms with Crippen LogP contribution in [0, 0.1) is 2.88 Å². The lowest BCUT2D eigenvalue weighted by molar-refractivity contribution is 0.0785. The zero-order valence-corrected chi connectivity index (χ0v) is 14.5. The second-order valence-electron chi connectivity index (χ2n) is 4.38. The van der Waals surface area contributed by atoms with E-state index in [2.05, 4.69) is 33.6 Å². The fourth-order valence-corrected chi connectivity index (χ4v) is 4.25. The number of aromatic nitrogens is 1. The van der Waals surface area contributed by atoms with Crippen LogP contribution in [0.25, 0.3) is 10.2 Å². The Kier molecular flexibility index (Phi) is 4.04. The Morgan fingerprint density at radius 1 is 1.40 bits per heavy atom. The Labute approximate surface area is 138 Å². The van der Waals surface area contributed by atoms with Crippen LogP contribution in [0.2, 0.25) is 0 Å². The summed E-state index contributed by atoms with van der Waals surface area (Å²) in [6.07, 6.45) is 0. The molecule has 0 saturated heterocycles. The molecule has 20 heavy (non-hydrogen) atoms. The number of hydrogen-bond acceptors (Lipinski definition) is 4.